The third-order valence-electron chi connectivity index (χ3n) is 3.20. The molecule has 0 radical (unpaired) electrons. The summed E-state index contributed by atoms with van der Waals surface area (Å²) in [6, 6.07) is 5.39. The summed E-state index contributed by atoms with van der Waals surface area (Å²) in [5, 5.41) is 7.45. The molecule has 2 atom stereocenters. The first kappa shape index (κ1) is 18.0. The van der Waals surface area contributed by atoms with Gasteiger partial charge in [0, 0.05) is 5.69 Å². The number of esters is 1. The number of hydrogen-bond donors (Lipinski definition) is 2. The van der Waals surface area contributed by atoms with Gasteiger partial charge in [0.15, 0.2) is 6.10 Å². The van der Waals surface area contributed by atoms with Gasteiger partial charge in [-0.25, -0.2) is 13.6 Å². The van der Waals surface area contributed by atoms with Gasteiger partial charge in [0.05, 0.1) is 10.8 Å². The summed E-state index contributed by atoms with van der Waals surface area (Å²) in [4.78, 5) is 23.5. The molecule has 0 bridgehead atoms. The van der Waals surface area contributed by atoms with Gasteiger partial charge in [-0.2, -0.15) is 0 Å². The third-order valence-corrected chi connectivity index (χ3v) is 4.95. The minimum Gasteiger partial charge on any atom is -0.452 e. The van der Waals surface area contributed by atoms with Gasteiger partial charge in [0.2, 0.25) is 10.0 Å². The highest BCUT2D eigenvalue weighted by atomic mass is 35.5. The van der Waals surface area contributed by atoms with Gasteiger partial charge in [0.1, 0.15) is 4.33 Å². The molecular weight excluding hydrogens is 367 g/mol. The largest absolute Gasteiger partial charge is 0.452 e. The predicted octanol–water partition coefficient (Wildman–Crippen LogP) is 1.40. The van der Waals surface area contributed by atoms with Gasteiger partial charge in [-0.05, 0) is 31.5 Å². The van der Waals surface area contributed by atoms with Crippen LogP contribution in [0.1, 0.15) is 13.3 Å². The molecule has 23 heavy (non-hydrogen) atoms. The van der Waals surface area contributed by atoms with Crippen LogP contribution in [0.5, 0.6) is 0 Å². The molecule has 1 amide bonds. The zero-order valence-corrected chi connectivity index (χ0v) is 14.3. The molecule has 10 heteroatoms. The standard InChI is InChI=1S/C13H14Cl2N2O5S/c1-7(22-12(19)10-6-13(10,14)15)11(18)17-8-3-2-4-9(5-8)23(16,20)21/h2-5,7,10H,6H2,1H3,(H,17,18)(H2,16,20,21)/t7-,10-/m1/s1. The number of nitrogens with one attached hydrogen (secondary N) is 1. The van der Waals surface area contributed by atoms with Crippen LogP contribution in [0.25, 0.3) is 0 Å². The van der Waals surface area contributed by atoms with Crippen molar-refractivity contribution in [2.75, 3.05) is 5.32 Å². The molecule has 0 aliphatic heterocycles. The van der Waals surface area contributed by atoms with E-state index < -0.39 is 38.3 Å². The van der Waals surface area contributed by atoms with E-state index in [1.165, 1.54) is 31.2 Å². The Hall–Kier alpha value is -1.35. The first-order valence-corrected chi connectivity index (χ1v) is 8.83. The van der Waals surface area contributed by atoms with Crippen molar-refractivity contribution in [1.29, 1.82) is 0 Å². The van der Waals surface area contributed by atoms with Crippen LogP contribution in [0.2, 0.25) is 0 Å². The number of nitrogens with two attached hydrogens (primary N) is 1. The average Bonchev–Trinajstić information content (AvgIpc) is 3.07. The van der Waals surface area contributed by atoms with Gasteiger partial charge in [-0.3, -0.25) is 9.59 Å². The van der Waals surface area contributed by atoms with E-state index in [4.69, 9.17) is 33.1 Å². The van der Waals surface area contributed by atoms with Crippen LogP contribution in [0, 0.1) is 5.92 Å². The van der Waals surface area contributed by atoms with Crippen LogP contribution >= 0.6 is 23.2 Å². The maximum absolute atomic E-state index is 12.0. The van der Waals surface area contributed by atoms with Crippen LogP contribution in [0.3, 0.4) is 0 Å². The molecule has 3 N–H and O–H groups in total. The monoisotopic (exact) mass is 380 g/mol. The molecular formula is C13H14Cl2N2O5S. The number of benzene rings is 1. The molecule has 0 saturated heterocycles. The van der Waals surface area contributed by atoms with Crippen molar-refractivity contribution in [2.24, 2.45) is 11.1 Å². The zero-order chi connectivity index (χ0) is 17.4. The molecule has 2 rings (SSSR count). The summed E-state index contributed by atoms with van der Waals surface area (Å²) < 4.78 is 26.4. The fourth-order valence-electron chi connectivity index (χ4n) is 1.77. The fraction of sp³-hybridized carbons (Fsp3) is 0.385. The summed E-state index contributed by atoms with van der Waals surface area (Å²) in [5.41, 5.74) is 0.208. The summed E-state index contributed by atoms with van der Waals surface area (Å²) in [6.45, 7) is 1.38. The van der Waals surface area contributed by atoms with Crippen molar-refractivity contribution >= 4 is 50.8 Å². The lowest BCUT2D eigenvalue weighted by Gasteiger charge is -2.14. The topological polar surface area (TPSA) is 116 Å². The lowest BCUT2D eigenvalue weighted by molar-refractivity contribution is -0.154. The number of carbonyl (C=O) groups excluding carboxylic acids is 2. The van der Waals surface area contributed by atoms with E-state index in [-0.39, 0.29) is 17.0 Å². The highest BCUT2D eigenvalue weighted by Crippen LogP contribution is 2.53. The van der Waals surface area contributed by atoms with Crippen molar-refractivity contribution in [3.63, 3.8) is 0 Å². The van der Waals surface area contributed by atoms with Gasteiger partial charge in [-0.1, -0.05) is 6.07 Å². The maximum atomic E-state index is 12.0. The molecule has 0 aromatic heterocycles. The number of hydrogen-bond acceptors (Lipinski definition) is 5. The first-order chi connectivity index (χ1) is 10.5. The number of carbonyl (C=O) groups is 2. The number of primary sulfonamides is 1. The van der Waals surface area contributed by atoms with Gasteiger partial charge < -0.3 is 10.1 Å². The molecule has 0 heterocycles. The number of halogens is 2. The SMILES string of the molecule is C[C@@H](OC(=O)[C@H]1CC1(Cl)Cl)C(=O)Nc1cccc(S(N)(=O)=O)c1. The minimum absolute atomic E-state index is 0.146. The molecule has 1 aromatic carbocycles. The second-order valence-electron chi connectivity index (χ2n) is 5.16. The lowest BCUT2D eigenvalue weighted by Crippen LogP contribution is -2.31. The van der Waals surface area contributed by atoms with E-state index in [1.807, 2.05) is 0 Å². The number of rotatable bonds is 5. The van der Waals surface area contributed by atoms with E-state index in [0.29, 0.717) is 0 Å². The maximum Gasteiger partial charge on any atom is 0.312 e. The second kappa shape index (κ2) is 6.27. The molecule has 1 fully saturated rings. The van der Waals surface area contributed by atoms with Crippen LogP contribution in [0.4, 0.5) is 5.69 Å². The van der Waals surface area contributed by atoms with Crippen molar-refractivity contribution in [2.45, 2.75) is 28.7 Å². The third kappa shape index (κ3) is 4.57. The van der Waals surface area contributed by atoms with Crippen LogP contribution in [-0.4, -0.2) is 30.7 Å². The van der Waals surface area contributed by atoms with E-state index in [0.717, 1.165) is 0 Å². The quantitative estimate of drug-likeness (QED) is 0.591. The molecule has 0 spiro atoms. The number of ether oxygens (including phenoxy) is 1. The Morgan fingerprint density at radius 2 is 2.04 bits per heavy atom. The molecule has 1 aromatic rings. The van der Waals surface area contributed by atoms with Crippen molar-refractivity contribution < 1.29 is 22.7 Å². The minimum atomic E-state index is -3.88. The van der Waals surface area contributed by atoms with Crippen molar-refractivity contribution in [3.8, 4) is 0 Å². The van der Waals surface area contributed by atoms with Crippen molar-refractivity contribution in [3.05, 3.63) is 24.3 Å². The molecule has 1 aliphatic carbocycles. The molecule has 7 nitrogen and oxygen atoms in total. The number of anilines is 1. The van der Waals surface area contributed by atoms with Crippen LogP contribution in [-0.2, 0) is 24.3 Å². The summed E-state index contributed by atoms with van der Waals surface area (Å²) in [5.74, 6) is -1.93. The molecule has 0 unspecified atom stereocenters. The van der Waals surface area contributed by atoms with E-state index in [1.54, 1.807) is 0 Å². The number of alkyl halides is 2. The Labute approximate surface area is 143 Å². The summed E-state index contributed by atoms with van der Waals surface area (Å²) in [7, 11) is -3.88. The van der Waals surface area contributed by atoms with E-state index >= 15 is 0 Å². The smallest absolute Gasteiger partial charge is 0.312 e. The Bertz CT molecular complexity index is 750. The average molecular weight is 381 g/mol. The Kier molecular flexibility index (Phi) is 4.91. The fourth-order valence-corrected chi connectivity index (χ4v) is 2.82. The van der Waals surface area contributed by atoms with Crippen LogP contribution in [0.15, 0.2) is 29.2 Å². The number of sulfonamides is 1. The summed E-state index contributed by atoms with van der Waals surface area (Å²) in [6.07, 6.45) is -0.815. The summed E-state index contributed by atoms with van der Waals surface area (Å²) >= 11 is 11.5. The van der Waals surface area contributed by atoms with Gasteiger partial charge >= 0.3 is 5.97 Å². The van der Waals surface area contributed by atoms with Crippen molar-refractivity contribution in [1.82, 2.24) is 0 Å². The highest BCUT2D eigenvalue weighted by molar-refractivity contribution is 7.89. The van der Waals surface area contributed by atoms with Gasteiger partial charge in [0.25, 0.3) is 5.91 Å². The van der Waals surface area contributed by atoms with Crippen LogP contribution < -0.4 is 10.5 Å². The van der Waals surface area contributed by atoms with Gasteiger partial charge in [-0.15, -0.1) is 23.2 Å². The Morgan fingerprint density at radius 1 is 1.43 bits per heavy atom. The normalized spacial score (nSPS) is 20.4. The van der Waals surface area contributed by atoms with E-state index in [9.17, 15) is 18.0 Å². The first-order valence-electron chi connectivity index (χ1n) is 6.53. The zero-order valence-electron chi connectivity index (χ0n) is 12.0. The highest BCUT2D eigenvalue weighted by Gasteiger charge is 2.57. The second-order valence-corrected chi connectivity index (χ2v) is 8.26. The number of amides is 1. The van der Waals surface area contributed by atoms with E-state index in [2.05, 4.69) is 5.32 Å². The Morgan fingerprint density at radius 3 is 2.57 bits per heavy atom. The molecule has 1 aliphatic rings. The molecule has 126 valence electrons. The predicted molar refractivity (Wildman–Crippen MR) is 84.5 cm³/mol. The lowest BCUT2D eigenvalue weighted by atomic mass is 10.3. The Balaban J connectivity index is 1.98. The molecule has 1 saturated carbocycles.